The van der Waals surface area contributed by atoms with Gasteiger partial charge in [0.2, 0.25) is 11.8 Å². The molecule has 1 amide bonds. The van der Waals surface area contributed by atoms with Gasteiger partial charge in [-0.1, -0.05) is 36.4 Å². The van der Waals surface area contributed by atoms with E-state index >= 15 is 0 Å². The monoisotopic (exact) mass is 460 g/mol. The highest BCUT2D eigenvalue weighted by molar-refractivity contribution is 5.97. The molecule has 1 aromatic heterocycles. The molecule has 0 bridgehead atoms. The fourth-order valence-electron chi connectivity index (χ4n) is 3.80. The second kappa shape index (κ2) is 10.3. The lowest BCUT2D eigenvalue weighted by Crippen LogP contribution is -2.31. The van der Waals surface area contributed by atoms with Crippen molar-refractivity contribution in [1.29, 1.82) is 0 Å². The van der Waals surface area contributed by atoms with E-state index in [0.717, 1.165) is 29.8 Å². The normalized spacial score (nSPS) is 12.3. The fraction of sp³-hybridized carbons (Fsp3) is 0.308. The number of hydrogen-bond donors (Lipinski definition) is 1. The molecule has 34 heavy (non-hydrogen) atoms. The number of para-hydroxylation sites is 1. The molecule has 0 saturated heterocycles. The molecule has 0 atom stereocenters. The third-order valence-corrected chi connectivity index (χ3v) is 5.76. The first-order valence-corrected chi connectivity index (χ1v) is 11.3. The van der Waals surface area contributed by atoms with Crippen LogP contribution in [0.25, 0.3) is 0 Å². The van der Waals surface area contributed by atoms with Crippen molar-refractivity contribution < 1.29 is 19.1 Å². The lowest BCUT2D eigenvalue weighted by molar-refractivity contribution is -0.141. The first-order chi connectivity index (χ1) is 16.5. The second-order valence-electron chi connectivity index (χ2n) is 8.11. The van der Waals surface area contributed by atoms with Crippen LogP contribution in [0.5, 0.6) is 5.88 Å². The Hall–Kier alpha value is -3.94. The van der Waals surface area contributed by atoms with Crippen LogP contribution in [-0.4, -0.2) is 41.5 Å². The Labute approximate surface area is 198 Å². The molecule has 0 spiro atoms. The number of nitrogens with zero attached hydrogens (tertiary/aromatic N) is 3. The topological polar surface area (TPSA) is 93.6 Å². The van der Waals surface area contributed by atoms with Gasteiger partial charge in [-0.05, 0) is 55.5 Å². The van der Waals surface area contributed by atoms with Gasteiger partial charge in [-0.15, -0.1) is 0 Å². The number of ether oxygens (including phenoxy) is 2. The minimum absolute atomic E-state index is 0.157. The van der Waals surface area contributed by atoms with Gasteiger partial charge in [0.05, 0.1) is 6.61 Å². The number of nitrogens with one attached hydrogen (secondary N) is 1. The average Bonchev–Trinajstić information content (AvgIpc) is 3.27. The van der Waals surface area contributed by atoms with Crippen LogP contribution < -0.4 is 15.0 Å². The highest BCUT2D eigenvalue weighted by Gasteiger charge is 2.25. The first kappa shape index (κ1) is 23.2. The number of fused-ring (bicyclic) bond motifs is 1. The van der Waals surface area contributed by atoms with Crippen LogP contribution in [0.2, 0.25) is 0 Å². The molecule has 0 saturated carbocycles. The maximum atomic E-state index is 12.8. The van der Waals surface area contributed by atoms with Crippen molar-refractivity contribution in [2.75, 3.05) is 24.6 Å². The highest BCUT2D eigenvalue weighted by Crippen LogP contribution is 2.33. The third kappa shape index (κ3) is 5.17. The van der Waals surface area contributed by atoms with Crippen LogP contribution in [0.1, 0.15) is 39.5 Å². The molecule has 3 aromatic rings. The molecule has 1 aliphatic heterocycles. The summed E-state index contributed by atoms with van der Waals surface area (Å²) in [6.07, 6.45) is 2.33. The maximum absolute atomic E-state index is 12.8. The van der Waals surface area contributed by atoms with Gasteiger partial charge in [0, 0.05) is 18.4 Å². The Morgan fingerprint density at radius 1 is 1.12 bits per heavy atom. The lowest BCUT2D eigenvalue weighted by atomic mass is 10.1. The molecule has 4 rings (SSSR count). The summed E-state index contributed by atoms with van der Waals surface area (Å²) < 4.78 is 10.9. The van der Waals surface area contributed by atoms with E-state index in [1.165, 1.54) is 17.3 Å². The number of anilines is 2. The molecule has 0 radical (unpaired) electrons. The predicted octanol–water partition coefficient (Wildman–Crippen LogP) is 3.66. The van der Waals surface area contributed by atoms with E-state index in [1.54, 1.807) is 6.92 Å². The van der Waals surface area contributed by atoms with Gasteiger partial charge in [-0.25, -0.2) is 4.98 Å². The standard InChI is InChI=1S/C26H28N4O4/c1-4-33-23(31)15-27-24(32)21-14-28-26(30-12-11-20-7-5-6-8-22(20)30)29-25(21)34-16-19-10-9-17(2)18(3)13-19/h5-10,13-14H,4,11-12,15-16H2,1-3H3,(H,27,32). The molecule has 0 aliphatic carbocycles. The predicted molar refractivity (Wildman–Crippen MR) is 128 cm³/mol. The summed E-state index contributed by atoms with van der Waals surface area (Å²) >= 11 is 0. The lowest BCUT2D eigenvalue weighted by Gasteiger charge is -2.19. The molecule has 1 N–H and O–H groups in total. The van der Waals surface area contributed by atoms with Crippen LogP contribution in [0, 0.1) is 13.8 Å². The van der Waals surface area contributed by atoms with E-state index in [2.05, 4.69) is 34.3 Å². The number of rotatable bonds is 8. The van der Waals surface area contributed by atoms with E-state index in [9.17, 15) is 9.59 Å². The molecule has 8 heteroatoms. The summed E-state index contributed by atoms with van der Waals surface area (Å²) in [6, 6.07) is 14.2. The Bertz CT molecular complexity index is 1210. The number of carbonyl (C=O) groups is 2. The van der Waals surface area contributed by atoms with Gasteiger partial charge in [-0.3, -0.25) is 9.59 Å². The van der Waals surface area contributed by atoms with Crippen molar-refractivity contribution in [3.05, 3.63) is 76.5 Å². The van der Waals surface area contributed by atoms with Crippen molar-refractivity contribution in [3.63, 3.8) is 0 Å². The molecule has 176 valence electrons. The summed E-state index contributed by atoms with van der Waals surface area (Å²) in [5, 5.41) is 2.56. The average molecular weight is 461 g/mol. The Morgan fingerprint density at radius 2 is 1.94 bits per heavy atom. The molecule has 0 unspecified atom stereocenters. The molecular formula is C26H28N4O4. The van der Waals surface area contributed by atoms with Crippen LogP contribution in [0.15, 0.2) is 48.7 Å². The van der Waals surface area contributed by atoms with Gasteiger partial charge in [0.1, 0.15) is 18.7 Å². The van der Waals surface area contributed by atoms with Gasteiger partial charge in [-0.2, -0.15) is 4.98 Å². The molecule has 8 nitrogen and oxygen atoms in total. The molecule has 2 heterocycles. The Balaban J connectivity index is 1.60. The number of aryl methyl sites for hydroxylation is 2. The summed E-state index contributed by atoms with van der Waals surface area (Å²) in [6.45, 7) is 6.79. The van der Waals surface area contributed by atoms with Gasteiger partial charge >= 0.3 is 5.97 Å². The quantitative estimate of drug-likeness (QED) is 0.513. The summed E-state index contributed by atoms with van der Waals surface area (Å²) in [5.41, 5.74) is 5.74. The van der Waals surface area contributed by atoms with Crippen molar-refractivity contribution in [3.8, 4) is 5.88 Å². The summed E-state index contributed by atoms with van der Waals surface area (Å²) in [4.78, 5) is 35.6. The van der Waals surface area contributed by atoms with Crippen molar-refractivity contribution in [2.45, 2.75) is 33.8 Å². The molecule has 0 fully saturated rings. The second-order valence-corrected chi connectivity index (χ2v) is 8.11. The van der Waals surface area contributed by atoms with Crippen LogP contribution >= 0.6 is 0 Å². The zero-order valence-electron chi connectivity index (χ0n) is 19.6. The van der Waals surface area contributed by atoms with E-state index in [1.807, 2.05) is 42.2 Å². The van der Waals surface area contributed by atoms with Crippen molar-refractivity contribution in [1.82, 2.24) is 15.3 Å². The van der Waals surface area contributed by atoms with Gasteiger partial charge < -0.3 is 19.7 Å². The summed E-state index contributed by atoms with van der Waals surface area (Å²) in [7, 11) is 0. The Morgan fingerprint density at radius 3 is 2.74 bits per heavy atom. The molecular weight excluding hydrogens is 432 g/mol. The SMILES string of the molecule is CCOC(=O)CNC(=O)c1cnc(N2CCc3ccccc32)nc1OCc1ccc(C)c(C)c1. The van der Waals surface area contributed by atoms with E-state index in [-0.39, 0.29) is 31.2 Å². The number of hydrogen-bond acceptors (Lipinski definition) is 7. The number of amides is 1. The fourth-order valence-corrected chi connectivity index (χ4v) is 3.80. The summed E-state index contributed by atoms with van der Waals surface area (Å²) in [5.74, 6) is -0.396. The smallest absolute Gasteiger partial charge is 0.325 e. The van der Waals surface area contributed by atoms with Crippen LogP contribution in [-0.2, 0) is 22.6 Å². The number of carbonyl (C=O) groups excluding carboxylic acids is 2. The minimum atomic E-state index is -0.514. The zero-order valence-corrected chi connectivity index (χ0v) is 19.6. The van der Waals surface area contributed by atoms with E-state index < -0.39 is 11.9 Å². The molecule has 2 aromatic carbocycles. The third-order valence-electron chi connectivity index (χ3n) is 5.76. The number of aromatic nitrogens is 2. The van der Waals surface area contributed by atoms with Gasteiger partial charge in [0.15, 0.2) is 0 Å². The largest absolute Gasteiger partial charge is 0.472 e. The van der Waals surface area contributed by atoms with Crippen molar-refractivity contribution in [2.24, 2.45) is 0 Å². The Kier molecular flexibility index (Phi) is 7.06. The van der Waals surface area contributed by atoms with Gasteiger partial charge in [0.25, 0.3) is 5.91 Å². The number of esters is 1. The highest BCUT2D eigenvalue weighted by atomic mass is 16.5. The van der Waals surface area contributed by atoms with E-state index in [4.69, 9.17) is 9.47 Å². The van der Waals surface area contributed by atoms with Crippen LogP contribution in [0.3, 0.4) is 0 Å². The van der Waals surface area contributed by atoms with Crippen molar-refractivity contribution >= 4 is 23.5 Å². The van der Waals surface area contributed by atoms with E-state index in [0.29, 0.717) is 5.95 Å². The number of benzene rings is 2. The minimum Gasteiger partial charge on any atom is -0.472 e. The zero-order chi connectivity index (χ0) is 24.1. The maximum Gasteiger partial charge on any atom is 0.325 e. The molecule has 1 aliphatic rings. The first-order valence-electron chi connectivity index (χ1n) is 11.3. The van der Waals surface area contributed by atoms with Crippen LogP contribution in [0.4, 0.5) is 11.6 Å².